The molecule has 2 N–H and O–H groups in total. The van der Waals surface area contributed by atoms with Crippen LogP contribution in [0.4, 0.5) is 5.82 Å². The van der Waals surface area contributed by atoms with Crippen LogP contribution >= 0.6 is 11.6 Å². The molecule has 1 saturated carbocycles. The maximum atomic E-state index is 12.3. The molecule has 2 aromatic heterocycles. The van der Waals surface area contributed by atoms with Crippen LogP contribution in [0.5, 0.6) is 0 Å². The SMILES string of the molecule is CC(C)CNc1nc(-c2cccc(Cl)c2)cn2c(-c3ccc(C(=O)NC4CC4)cc3)cnc12. The van der Waals surface area contributed by atoms with Crippen molar-refractivity contribution < 1.29 is 4.79 Å². The maximum absolute atomic E-state index is 12.3. The molecule has 0 unspecified atom stereocenters. The van der Waals surface area contributed by atoms with Crippen LogP contribution in [-0.4, -0.2) is 32.9 Å². The van der Waals surface area contributed by atoms with Crippen LogP contribution in [0.3, 0.4) is 0 Å². The molecule has 4 aromatic rings. The number of benzene rings is 2. The van der Waals surface area contributed by atoms with Gasteiger partial charge < -0.3 is 10.6 Å². The molecule has 1 amide bonds. The number of nitrogens with zero attached hydrogens (tertiary/aromatic N) is 3. The minimum absolute atomic E-state index is 0.0187. The average molecular weight is 460 g/mol. The standard InChI is InChI=1S/C26H26ClN5O/c1-16(2)13-28-24-25-29-14-23(17-6-8-18(9-7-17)26(33)30-21-10-11-21)32(25)15-22(31-24)19-4-3-5-20(27)12-19/h3-9,12,14-16,21H,10-11,13H2,1-2H3,(H,28,31)(H,30,33). The highest BCUT2D eigenvalue weighted by Crippen LogP contribution is 2.29. The number of amides is 1. The Hall–Kier alpha value is -3.38. The van der Waals surface area contributed by atoms with E-state index in [1.54, 1.807) is 0 Å². The molecule has 0 spiro atoms. The van der Waals surface area contributed by atoms with E-state index in [2.05, 4.69) is 29.5 Å². The van der Waals surface area contributed by atoms with Gasteiger partial charge in [0, 0.05) is 40.5 Å². The molecule has 1 aliphatic rings. The zero-order chi connectivity index (χ0) is 22.9. The van der Waals surface area contributed by atoms with E-state index in [1.807, 2.05) is 65.3 Å². The van der Waals surface area contributed by atoms with Crippen molar-refractivity contribution in [3.63, 3.8) is 0 Å². The highest BCUT2D eigenvalue weighted by Gasteiger charge is 2.23. The third kappa shape index (κ3) is 4.71. The van der Waals surface area contributed by atoms with Gasteiger partial charge in [-0.3, -0.25) is 9.20 Å². The first-order valence-corrected chi connectivity index (χ1v) is 11.6. The number of hydrogen-bond donors (Lipinski definition) is 2. The first-order chi connectivity index (χ1) is 16.0. The van der Waals surface area contributed by atoms with Gasteiger partial charge in [-0.15, -0.1) is 0 Å². The van der Waals surface area contributed by atoms with Gasteiger partial charge in [-0.25, -0.2) is 9.97 Å². The largest absolute Gasteiger partial charge is 0.367 e. The second-order valence-electron chi connectivity index (χ2n) is 8.92. The third-order valence-electron chi connectivity index (χ3n) is 5.65. The normalized spacial score (nSPS) is 13.5. The summed E-state index contributed by atoms with van der Waals surface area (Å²) < 4.78 is 2.05. The Morgan fingerprint density at radius 1 is 1.15 bits per heavy atom. The van der Waals surface area contributed by atoms with Crippen LogP contribution in [0.15, 0.2) is 60.9 Å². The fourth-order valence-corrected chi connectivity index (χ4v) is 3.89. The van der Waals surface area contributed by atoms with Crippen molar-refractivity contribution in [2.45, 2.75) is 32.7 Å². The molecule has 1 aliphatic carbocycles. The summed E-state index contributed by atoms with van der Waals surface area (Å²) in [6.45, 7) is 5.10. The number of carbonyl (C=O) groups is 1. The average Bonchev–Trinajstić information content (AvgIpc) is 3.52. The third-order valence-corrected chi connectivity index (χ3v) is 5.88. The minimum atomic E-state index is -0.0187. The summed E-state index contributed by atoms with van der Waals surface area (Å²) in [7, 11) is 0. The first-order valence-electron chi connectivity index (χ1n) is 11.3. The van der Waals surface area contributed by atoms with Gasteiger partial charge in [0.2, 0.25) is 0 Å². The second-order valence-corrected chi connectivity index (χ2v) is 9.36. The van der Waals surface area contributed by atoms with Gasteiger partial charge in [0.15, 0.2) is 11.5 Å². The van der Waals surface area contributed by atoms with E-state index < -0.39 is 0 Å². The topological polar surface area (TPSA) is 71.3 Å². The fraction of sp³-hybridized carbons (Fsp3) is 0.269. The molecular formula is C26H26ClN5O. The van der Waals surface area contributed by atoms with Crippen molar-refractivity contribution >= 4 is 29.0 Å². The van der Waals surface area contributed by atoms with E-state index in [-0.39, 0.29) is 5.91 Å². The van der Waals surface area contributed by atoms with E-state index in [1.165, 1.54) is 0 Å². The Morgan fingerprint density at radius 2 is 1.94 bits per heavy atom. The van der Waals surface area contributed by atoms with E-state index >= 15 is 0 Å². The maximum Gasteiger partial charge on any atom is 0.251 e. The lowest BCUT2D eigenvalue weighted by molar-refractivity contribution is 0.0951. The summed E-state index contributed by atoms with van der Waals surface area (Å²) in [6.07, 6.45) is 5.97. The van der Waals surface area contributed by atoms with Gasteiger partial charge in [0.25, 0.3) is 5.91 Å². The summed E-state index contributed by atoms with van der Waals surface area (Å²) in [5.74, 6) is 1.17. The van der Waals surface area contributed by atoms with Gasteiger partial charge >= 0.3 is 0 Å². The van der Waals surface area contributed by atoms with Crippen LogP contribution in [0.25, 0.3) is 28.2 Å². The van der Waals surface area contributed by atoms with Crippen LogP contribution in [0.1, 0.15) is 37.0 Å². The Morgan fingerprint density at radius 3 is 2.64 bits per heavy atom. The quantitative estimate of drug-likeness (QED) is 0.373. The predicted octanol–water partition coefficient (Wildman–Crippen LogP) is 5.68. The number of anilines is 1. The second kappa shape index (κ2) is 8.87. The molecule has 2 heterocycles. The fourth-order valence-electron chi connectivity index (χ4n) is 3.70. The van der Waals surface area contributed by atoms with Crippen molar-refractivity contribution in [2.24, 2.45) is 5.92 Å². The van der Waals surface area contributed by atoms with E-state index in [4.69, 9.17) is 16.6 Å². The molecule has 7 heteroatoms. The number of fused-ring (bicyclic) bond motifs is 1. The number of aromatic nitrogens is 3. The Balaban J connectivity index is 1.55. The molecule has 0 bridgehead atoms. The van der Waals surface area contributed by atoms with Gasteiger partial charge in [-0.1, -0.05) is 49.7 Å². The number of rotatable bonds is 7. The van der Waals surface area contributed by atoms with Crippen molar-refractivity contribution in [1.82, 2.24) is 19.7 Å². The molecule has 0 aliphatic heterocycles. The van der Waals surface area contributed by atoms with Crippen LogP contribution in [0, 0.1) is 5.92 Å². The molecule has 0 radical (unpaired) electrons. The summed E-state index contributed by atoms with van der Waals surface area (Å²) >= 11 is 6.24. The molecule has 0 atom stereocenters. The van der Waals surface area contributed by atoms with Crippen molar-refractivity contribution in [1.29, 1.82) is 0 Å². The lowest BCUT2D eigenvalue weighted by Gasteiger charge is -2.13. The monoisotopic (exact) mass is 459 g/mol. The minimum Gasteiger partial charge on any atom is -0.367 e. The number of imidazole rings is 1. The van der Waals surface area contributed by atoms with Crippen LogP contribution < -0.4 is 10.6 Å². The van der Waals surface area contributed by atoms with Gasteiger partial charge in [-0.2, -0.15) is 0 Å². The molecule has 6 nitrogen and oxygen atoms in total. The molecule has 5 rings (SSSR count). The van der Waals surface area contributed by atoms with Crippen LogP contribution in [0.2, 0.25) is 5.02 Å². The lowest BCUT2D eigenvalue weighted by atomic mass is 10.1. The predicted molar refractivity (Wildman–Crippen MR) is 133 cm³/mol. The molecule has 33 heavy (non-hydrogen) atoms. The van der Waals surface area contributed by atoms with E-state index in [0.717, 1.165) is 53.4 Å². The number of carbonyl (C=O) groups excluding carboxylic acids is 1. The number of hydrogen-bond acceptors (Lipinski definition) is 4. The highest BCUT2D eigenvalue weighted by atomic mass is 35.5. The van der Waals surface area contributed by atoms with Crippen molar-refractivity contribution in [3.8, 4) is 22.5 Å². The van der Waals surface area contributed by atoms with Crippen molar-refractivity contribution in [2.75, 3.05) is 11.9 Å². The number of nitrogens with one attached hydrogen (secondary N) is 2. The van der Waals surface area contributed by atoms with Gasteiger partial charge in [0.1, 0.15) is 0 Å². The number of halogens is 1. The summed E-state index contributed by atoms with van der Waals surface area (Å²) in [5.41, 5.74) is 5.06. The highest BCUT2D eigenvalue weighted by molar-refractivity contribution is 6.30. The summed E-state index contributed by atoms with van der Waals surface area (Å²) in [5, 5.41) is 7.14. The van der Waals surface area contributed by atoms with Crippen LogP contribution in [-0.2, 0) is 0 Å². The zero-order valence-electron chi connectivity index (χ0n) is 18.7. The Bertz CT molecular complexity index is 1310. The molecular weight excluding hydrogens is 434 g/mol. The Kier molecular flexibility index (Phi) is 5.77. The zero-order valence-corrected chi connectivity index (χ0v) is 19.4. The molecule has 1 fully saturated rings. The molecule has 2 aromatic carbocycles. The molecule has 168 valence electrons. The van der Waals surface area contributed by atoms with Crippen molar-refractivity contribution in [3.05, 3.63) is 71.5 Å². The van der Waals surface area contributed by atoms with E-state index in [0.29, 0.717) is 22.5 Å². The first kappa shape index (κ1) is 21.5. The summed E-state index contributed by atoms with van der Waals surface area (Å²) in [6, 6.07) is 15.7. The van der Waals surface area contributed by atoms with Gasteiger partial charge in [-0.05, 0) is 43.0 Å². The summed E-state index contributed by atoms with van der Waals surface area (Å²) in [4.78, 5) is 21.9. The van der Waals surface area contributed by atoms with E-state index in [9.17, 15) is 4.79 Å². The molecule has 0 saturated heterocycles. The smallest absolute Gasteiger partial charge is 0.251 e. The Labute approximate surface area is 198 Å². The lowest BCUT2D eigenvalue weighted by Crippen LogP contribution is -2.25. The van der Waals surface area contributed by atoms with Gasteiger partial charge in [0.05, 0.1) is 17.6 Å².